The summed E-state index contributed by atoms with van der Waals surface area (Å²) in [4.78, 5) is 113. The monoisotopic (exact) mass is 2150 g/mol. The zero-order valence-electron chi connectivity index (χ0n) is 92.9. The van der Waals surface area contributed by atoms with E-state index in [4.69, 9.17) is 80.6 Å². The second kappa shape index (κ2) is 73.3. The van der Waals surface area contributed by atoms with E-state index >= 15 is 0 Å². The molecule has 0 aromatic heterocycles. The maximum absolute atomic E-state index is 13.2. The lowest BCUT2D eigenvalue weighted by molar-refractivity contribution is -0.107. The summed E-state index contributed by atoms with van der Waals surface area (Å²) in [5.74, 6) is 5.40. The number of hydrogen-bond acceptors (Lipinski definition) is 21. The number of rotatable bonds is 44. The van der Waals surface area contributed by atoms with Crippen molar-refractivity contribution in [2.45, 2.75) is 300 Å². The van der Waals surface area contributed by atoms with Gasteiger partial charge in [-0.3, -0.25) is 4.79 Å². The number of urea groups is 2. The van der Waals surface area contributed by atoms with Crippen molar-refractivity contribution in [3.8, 4) is 11.8 Å². The molecule has 10 atom stereocenters. The molecule has 38 heteroatoms. The van der Waals surface area contributed by atoms with Crippen LogP contribution in [-0.2, 0) is 47.4 Å². The van der Waals surface area contributed by atoms with Gasteiger partial charge in [-0.2, -0.15) is 0 Å². The van der Waals surface area contributed by atoms with Crippen molar-refractivity contribution in [1.82, 2.24) is 62.1 Å². The second-order valence-corrected chi connectivity index (χ2v) is 57.5. The summed E-state index contributed by atoms with van der Waals surface area (Å²) >= 11 is 23.4. The van der Waals surface area contributed by atoms with E-state index in [1.807, 2.05) is 89.6 Å². The first-order chi connectivity index (χ1) is 67.3. The number of carbonyl (C=O) groups excluding carboxylic acids is 9. The zero-order valence-corrected chi connectivity index (χ0v) is 97.9. The molecule has 3 fully saturated rings. The highest BCUT2D eigenvalue weighted by Crippen LogP contribution is 2.38. The maximum Gasteiger partial charge on any atom is 0.412 e. The Morgan fingerprint density at radius 1 is 0.524 bits per heavy atom. The molecule has 0 aliphatic carbocycles. The molecule has 0 spiro atoms. The molecule has 830 valence electrons. The third kappa shape index (κ3) is 69.2. The Bertz CT molecular complexity index is 4140. The van der Waals surface area contributed by atoms with Crippen molar-refractivity contribution < 1.29 is 91.3 Å². The predicted octanol–water partition coefficient (Wildman–Crippen LogP) is 21.9. The molecule has 32 nitrogen and oxygen atoms in total. The van der Waals surface area contributed by atoms with Gasteiger partial charge in [0.05, 0.1) is 78.4 Å². The number of piperidine rings is 3. The number of ether oxygens (including phenoxy) is 9. The fourth-order valence-electron chi connectivity index (χ4n) is 15.6. The molecule has 3 saturated heterocycles. The molecule has 0 bridgehead atoms. The van der Waals surface area contributed by atoms with E-state index in [1.165, 1.54) is 26.2 Å². The van der Waals surface area contributed by atoms with Crippen LogP contribution in [0.4, 0.5) is 38.4 Å². The normalized spacial score (nSPS) is 16.1. The highest BCUT2D eigenvalue weighted by Gasteiger charge is 2.36. The molecule has 0 radical (unpaired) electrons. The van der Waals surface area contributed by atoms with Crippen LogP contribution in [0.25, 0.3) is 0 Å². The molecule has 145 heavy (non-hydrogen) atoms. The molecular formula is C107H187Cl4N13O19Si2. The summed E-state index contributed by atoms with van der Waals surface area (Å²) < 4.78 is 48.0. The summed E-state index contributed by atoms with van der Waals surface area (Å²) in [5, 5.41) is 25.3. The van der Waals surface area contributed by atoms with Crippen molar-refractivity contribution in [2.75, 3.05) is 154 Å². The highest BCUT2D eigenvalue weighted by molar-refractivity contribution is 6.76. The van der Waals surface area contributed by atoms with E-state index in [0.29, 0.717) is 106 Å². The first-order valence-electron chi connectivity index (χ1n) is 51.1. The van der Waals surface area contributed by atoms with E-state index in [9.17, 15) is 43.2 Å². The largest absolute Gasteiger partial charge is 0.453 e. The van der Waals surface area contributed by atoms with E-state index in [0.717, 1.165) is 164 Å². The van der Waals surface area contributed by atoms with Crippen molar-refractivity contribution in [2.24, 2.45) is 45.1 Å². The third-order valence-electron chi connectivity index (χ3n) is 23.5. The Morgan fingerprint density at radius 2 is 0.890 bits per heavy atom. The van der Waals surface area contributed by atoms with Crippen LogP contribution < -0.4 is 48.3 Å². The number of benzene rings is 3. The van der Waals surface area contributed by atoms with Gasteiger partial charge >= 0.3 is 48.6 Å². The van der Waals surface area contributed by atoms with Gasteiger partial charge in [0.15, 0.2) is 0 Å². The van der Waals surface area contributed by atoms with Crippen LogP contribution in [0, 0.1) is 51.3 Å². The van der Waals surface area contributed by atoms with Crippen LogP contribution in [0.1, 0.15) is 242 Å². The minimum Gasteiger partial charge on any atom is -0.453 e. The summed E-state index contributed by atoms with van der Waals surface area (Å²) in [6, 6.07) is 25.1. The number of alkyl carbamates (subject to hydrolysis) is 4. The number of nitrogens with one attached hydrogen (secondary N) is 8. The third-order valence-corrected chi connectivity index (χ3v) is 27.7. The fraction of sp³-hybridized carbons (Fsp3) is 0.710. The zero-order chi connectivity index (χ0) is 109. The summed E-state index contributed by atoms with van der Waals surface area (Å²) in [7, 11) is 6.98. The van der Waals surface area contributed by atoms with Crippen molar-refractivity contribution in [1.29, 1.82) is 0 Å². The molecule has 3 aromatic rings. The van der Waals surface area contributed by atoms with Crippen LogP contribution in [0.15, 0.2) is 85.1 Å². The molecule has 3 aliphatic rings. The number of halogens is 4. The van der Waals surface area contributed by atoms with Gasteiger partial charge in [-0.15, -0.1) is 0 Å². The lowest BCUT2D eigenvalue weighted by atomic mass is 9.87. The van der Waals surface area contributed by atoms with Gasteiger partial charge < -0.3 is 116 Å². The van der Waals surface area contributed by atoms with Gasteiger partial charge in [-0.05, 0) is 228 Å². The summed E-state index contributed by atoms with van der Waals surface area (Å²) in [5.41, 5.74) is 10.00. The minimum atomic E-state index is -1.24. The quantitative estimate of drug-likeness (QED) is 0.00634. The Hall–Kier alpha value is -7.90. The van der Waals surface area contributed by atoms with Gasteiger partial charge in [0.25, 0.3) is 5.24 Å². The Balaban J connectivity index is 0.00000179. The van der Waals surface area contributed by atoms with Crippen molar-refractivity contribution in [3.05, 3.63) is 117 Å². The van der Waals surface area contributed by atoms with Gasteiger partial charge in [0.1, 0.15) is 0 Å². The Labute approximate surface area is 892 Å². The molecule has 3 heterocycles. The highest BCUT2D eigenvalue weighted by atomic mass is 35.5. The van der Waals surface area contributed by atoms with E-state index in [-0.39, 0.29) is 106 Å². The Kier molecular flexibility index (Phi) is 69.3. The van der Waals surface area contributed by atoms with Crippen LogP contribution in [0.5, 0.6) is 0 Å². The first-order valence-corrected chi connectivity index (χ1v) is 60.1. The van der Waals surface area contributed by atoms with Gasteiger partial charge in [-0.1, -0.05) is 219 Å². The number of hydrogen-bond donors (Lipinski definition) is 9. The summed E-state index contributed by atoms with van der Waals surface area (Å²) in [6.45, 7) is 58.3. The molecule has 3 aromatic carbocycles. The van der Waals surface area contributed by atoms with Crippen LogP contribution in [0.2, 0.25) is 66.4 Å². The average molecular weight is 2160 g/mol. The molecule has 6 rings (SSSR count). The number of amides is 10. The second-order valence-electron chi connectivity index (χ2n) is 44.6. The number of nitrogens with zero attached hydrogens (tertiary/aromatic N) is 4. The molecule has 0 unspecified atom stereocenters. The number of nitrogens with two attached hydrogens (primary N) is 1. The Morgan fingerprint density at radius 3 is 1.22 bits per heavy atom. The molecule has 3 aliphatic heterocycles. The van der Waals surface area contributed by atoms with Gasteiger partial charge in [0.2, 0.25) is 0 Å². The maximum atomic E-state index is 13.2. The smallest absolute Gasteiger partial charge is 0.412 e. The first kappa shape index (κ1) is 137. The van der Waals surface area contributed by atoms with Crippen LogP contribution >= 0.6 is 46.4 Å². The molecule has 12 N–H and O–H groups in total. The van der Waals surface area contributed by atoms with Crippen molar-refractivity contribution >= 4 is 116 Å². The lowest BCUT2D eigenvalue weighted by Gasteiger charge is -2.38. The summed E-state index contributed by atoms with van der Waals surface area (Å²) in [6.07, 6.45) is 12.6. The number of likely N-dealkylation sites (N-methyl/N-ethyl adjacent to an activating group) is 3. The van der Waals surface area contributed by atoms with E-state index in [2.05, 4.69) is 204 Å². The van der Waals surface area contributed by atoms with Gasteiger partial charge in [0, 0.05) is 159 Å². The topological polar surface area (TPSA) is 403 Å². The average Bonchev–Trinajstić information content (AvgIpc) is 0.801. The lowest BCUT2D eigenvalue weighted by Crippen LogP contribution is -2.51. The molecular weight excluding hydrogens is 1970 g/mol. The molecule has 0 saturated carbocycles. The van der Waals surface area contributed by atoms with Crippen LogP contribution in [-0.4, -0.2) is 273 Å². The number of methoxy groups -OCH3 is 3. The van der Waals surface area contributed by atoms with E-state index in [1.54, 1.807) is 32.8 Å². The van der Waals surface area contributed by atoms with Gasteiger partial charge in [-0.25, -0.2) is 38.4 Å². The van der Waals surface area contributed by atoms with Crippen molar-refractivity contribution in [3.63, 3.8) is 0 Å². The number of likely N-dealkylation sites (tertiary alicyclic amines) is 2. The number of allylic oxidation sites excluding steroid dienone is 1. The number of carbonyl (C=O) groups is 9. The van der Waals surface area contributed by atoms with Crippen LogP contribution in [0.3, 0.4) is 0 Å². The standard InChI is InChI=1S/C27H44ClN3O4.C26H43ClN4O4.C19H38N2O4Si.C16H23ClN2O3.C15H34N2O2Si.C4H3ClO.H2O/c1-6-9-23(13-14-27(2,3)4)30-25(32)31-16-8-11-21(19-31)24(20-10-7-12-22(28)18-20)35-17-15-29-26(33)34-5;1-26(2,3)12-11-22(17-28-4)30-24(32)31-14-7-9-20(18-31)23(19-8-6-10-21(27)16-19)35-15-13-29-25(33)34-5;1-15(2)25-17(22)20-16(10-11-19(3,4)5)14-21(6)18(23)24-12-13-26(7,8)9;1-21-16(20)19-8-9-22-15(13-5-3-7-18-11-13)12-4-2-6-14(17)10-12;1-15(2,3)9-8-13(16)12-17(4)14(18)19-10-11-20(5,6)7;1-2-3-4(5)6;/h7,10,12,18,21,23-24H,6,8-9,11,13-17,19H2,1-5H3,(H,29,33)(H,30,32);6,8,10,16,20,22-23,28H,7,9,11-15,17-18H2,1-5H3,(H,29,33)(H,30,32);16H,1,10-14H2,2-9H3,(H,20,22);2,4,6,10,13,15,18H,3,5,7-9,11H2,1H3,(H,19,20);13H,8-12,16H2,1-7H3;1H3;1H2/t21-,23-,24+;20-,22+,23+;16-;13-,15+;13-;;/m11010../s1. The van der Waals surface area contributed by atoms with E-state index < -0.39 is 45.8 Å². The minimum absolute atomic E-state index is 0. The fourth-order valence-corrected chi connectivity index (χ4v) is 17.7. The SMILES string of the molecule is C=C(C)OC(=O)N[C@@H](CCC(C)(C)C)CN(C)C(=O)OCC[Si](C)(C)C.CC#CC(=O)Cl.CCC[C@H](CCC(C)(C)C)NC(=O)N1CCC[C@@H]([C@@H](OCCNC(=O)OC)c2cccc(Cl)c2)C1.CN(C[C@@H](N)CCC(C)(C)C)C(=O)OCC[Si](C)(C)C.CNC[C@H](CCC(C)(C)C)NC(=O)N1CCC[C@@H]([C@@H](OCCNC(=O)OC)c2cccc(Cl)c2)C1.COC(=O)NCCO[C@@H](c1cccc(Cl)c1)[C@@H]1CCCNC1.O. The molecule has 10 amide bonds. The predicted molar refractivity (Wildman–Crippen MR) is 592 cm³/mol.